The molecule has 0 heterocycles. The van der Waals surface area contributed by atoms with E-state index in [1.165, 1.54) is 25.5 Å². The molecule has 0 aromatic heterocycles. The average Bonchev–Trinajstić information content (AvgIpc) is 2.64. The zero-order chi connectivity index (χ0) is 19.1. The van der Waals surface area contributed by atoms with E-state index < -0.39 is 11.8 Å². The number of hydrazone groups is 1. The molecule has 26 heavy (non-hydrogen) atoms. The summed E-state index contributed by atoms with van der Waals surface area (Å²) in [4.78, 5) is 23.6. The zero-order valence-corrected chi connectivity index (χ0v) is 15.0. The molecule has 7 nitrogen and oxygen atoms in total. The molecule has 0 saturated heterocycles. The Bertz CT molecular complexity index is 835. The Balaban J connectivity index is 1.95. The highest BCUT2D eigenvalue weighted by atomic mass is 35.5. The van der Waals surface area contributed by atoms with Gasteiger partial charge in [-0.25, -0.2) is 5.43 Å². The smallest absolute Gasteiger partial charge is 0.329 e. The molecule has 0 aliphatic heterocycles. The Labute approximate surface area is 155 Å². The molecular formula is C18H18ClN3O4. The summed E-state index contributed by atoms with van der Waals surface area (Å²) < 4.78 is 4.97. The second-order valence-corrected chi connectivity index (χ2v) is 5.66. The normalized spacial score (nSPS) is 10.6. The van der Waals surface area contributed by atoms with Crippen LogP contribution >= 0.6 is 11.6 Å². The number of hydrogen-bond donors (Lipinski definition) is 3. The molecule has 2 rings (SSSR count). The van der Waals surface area contributed by atoms with Crippen molar-refractivity contribution >= 4 is 35.3 Å². The Kier molecular flexibility index (Phi) is 6.57. The van der Waals surface area contributed by atoms with Crippen LogP contribution in [0.1, 0.15) is 18.1 Å². The first-order valence-corrected chi connectivity index (χ1v) is 8.12. The van der Waals surface area contributed by atoms with Crippen molar-refractivity contribution in [3.63, 3.8) is 0 Å². The molecule has 2 aromatic rings. The van der Waals surface area contributed by atoms with Crippen LogP contribution in [0.15, 0.2) is 41.5 Å². The number of aryl methyl sites for hydroxylation is 1. The van der Waals surface area contributed by atoms with Crippen LogP contribution in [0.2, 0.25) is 5.02 Å². The standard InChI is InChI=1S/C18H18ClN3O4/c1-3-11-4-6-13(7-5-11)21-17(24)18(25)22-20-10-12-8-14(19)16(23)15(9-12)26-2/h4-10,23H,3H2,1-2H3,(H,21,24)(H,22,25)/b20-10-. The SMILES string of the molecule is CCc1ccc(NC(=O)C(=O)N/N=C\c2cc(Cl)c(O)c(OC)c2)cc1. The lowest BCUT2D eigenvalue weighted by Crippen LogP contribution is -2.32. The van der Waals surface area contributed by atoms with E-state index in [9.17, 15) is 14.7 Å². The summed E-state index contributed by atoms with van der Waals surface area (Å²) in [5.74, 6) is -1.78. The largest absolute Gasteiger partial charge is 0.503 e. The van der Waals surface area contributed by atoms with E-state index >= 15 is 0 Å². The summed E-state index contributed by atoms with van der Waals surface area (Å²) in [7, 11) is 1.38. The van der Waals surface area contributed by atoms with Crippen molar-refractivity contribution < 1.29 is 19.4 Å². The lowest BCUT2D eigenvalue weighted by Gasteiger charge is -2.06. The molecule has 0 aliphatic carbocycles. The molecular weight excluding hydrogens is 358 g/mol. The van der Waals surface area contributed by atoms with Crippen molar-refractivity contribution in [3.8, 4) is 11.5 Å². The number of carbonyl (C=O) groups is 2. The summed E-state index contributed by atoms with van der Waals surface area (Å²) in [6.45, 7) is 2.02. The molecule has 0 aliphatic rings. The number of benzene rings is 2. The lowest BCUT2D eigenvalue weighted by molar-refractivity contribution is -0.136. The fraction of sp³-hybridized carbons (Fsp3) is 0.167. The molecule has 0 unspecified atom stereocenters. The summed E-state index contributed by atoms with van der Waals surface area (Å²) in [5.41, 5.74) is 4.23. The van der Waals surface area contributed by atoms with Crippen LogP contribution in [-0.2, 0) is 16.0 Å². The highest BCUT2D eigenvalue weighted by Crippen LogP contribution is 2.34. The first-order chi connectivity index (χ1) is 12.4. The second-order valence-electron chi connectivity index (χ2n) is 5.26. The fourth-order valence-corrected chi connectivity index (χ4v) is 2.27. The van der Waals surface area contributed by atoms with Crippen LogP contribution in [0.25, 0.3) is 0 Å². The van der Waals surface area contributed by atoms with E-state index in [0.717, 1.165) is 12.0 Å². The van der Waals surface area contributed by atoms with Gasteiger partial charge in [-0.15, -0.1) is 0 Å². The van der Waals surface area contributed by atoms with Gasteiger partial charge in [-0.1, -0.05) is 30.7 Å². The van der Waals surface area contributed by atoms with Crippen LogP contribution in [0.4, 0.5) is 5.69 Å². The zero-order valence-electron chi connectivity index (χ0n) is 14.2. The Morgan fingerprint density at radius 1 is 1.23 bits per heavy atom. The third kappa shape index (κ3) is 4.97. The maximum atomic E-state index is 11.8. The number of carbonyl (C=O) groups excluding carboxylic acids is 2. The minimum Gasteiger partial charge on any atom is -0.503 e. The van der Waals surface area contributed by atoms with Gasteiger partial charge in [0, 0.05) is 5.69 Å². The maximum absolute atomic E-state index is 11.8. The lowest BCUT2D eigenvalue weighted by atomic mass is 10.1. The quantitative estimate of drug-likeness (QED) is 0.425. The molecule has 0 atom stereocenters. The van der Waals surface area contributed by atoms with Gasteiger partial charge in [0.2, 0.25) is 0 Å². The van der Waals surface area contributed by atoms with Gasteiger partial charge in [-0.05, 0) is 41.8 Å². The van der Waals surface area contributed by atoms with Crippen LogP contribution < -0.4 is 15.5 Å². The van der Waals surface area contributed by atoms with Crippen molar-refractivity contribution in [2.24, 2.45) is 5.10 Å². The first-order valence-electron chi connectivity index (χ1n) is 7.74. The fourth-order valence-electron chi connectivity index (χ4n) is 2.05. The third-order valence-electron chi connectivity index (χ3n) is 3.48. The molecule has 8 heteroatoms. The number of aromatic hydroxyl groups is 1. The second kappa shape index (κ2) is 8.87. The molecule has 0 spiro atoms. The topological polar surface area (TPSA) is 100 Å². The molecule has 0 bridgehead atoms. The number of phenols is 1. The molecule has 136 valence electrons. The Morgan fingerprint density at radius 3 is 2.54 bits per heavy atom. The Hall–Kier alpha value is -3.06. The highest BCUT2D eigenvalue weighted by Gasteiger charge is 2.13. The van der Waals surface area contributed by atoms with E-state index in [0.29, 0.717) is 11.3 Å². The van der Waals surface area contributed by atoms with E-state index in [1.807, 2.05) is 19.1 Å². The number of halogens is 1. The highest BCUT2D eigenvalue weighted by molar-refractivity contribution is 6.39. The van der Waals surface area contributed by atoms with E-state index in [4.69, 9.17) is 16.3 Å². The van der Waals surface area contributed by atoms with Crippen LogP contribution in [0.3, 0.4) is 0 Å². The van der Waals surface area contributed by atoms with Gasteiger partial charge in [0.1, 0.15) is 0 Å². The van der Waals surface area contributed by atoms with Gasteiger partial charge in [-0.2, -0.15) is 5.10 Å². The van der Waals surface area contributed by atoms with E-state index in [-0.39, 0.29) is 16.5 Å². The van der Waals surface area contributed by atoms with Crippen LogP contribution in [0.5, 0.6) is 11.5 Å². The number of hydrogen-bond acceptors (Lipinski definition) is 5. The van der Waals surface area contributed by atoms with Crippen molar-refractivity contribution in [3.05, 3.63) is 52.5 Å². The van der Waals surface area contributed by atoms with Crippen LogP contribution in [0, 0.1) is 0 Å². The summed E-state index contributed by atoms with van der Waals surface area (Å²) in [5, 5.41) is 15.9. The average molecular weight is 376 g/mol. The third-order valence-corrected chi connectivity index (χ3v) is 3.76. The molecule has 0 saturated carbocycles. The number of phenolic OH excluding ortho intramolecular Hbond substituents is 1. The van der Waals surface area contributed by atoms with E-state index in [1.54, 1.807) is 12.1 Å². The minimum atomic E-state index is -0.919. The van der Waals surface area contributed by atoms with Gasteiger partial charge in [0.25, 0.3) is 0 Å². The van der Waals surface area contributed by atoms with Gasteiger partial charge >= 0.3 is 11.8 Å². The Morgan fingerprint density at radius 2 is 1.92 bits per heavy atom. The number of nitrogens with one attached hydrogen (secondary N) is 2. The minimum absolute atomic E-state index is 0.0744. The number of nitrogens with zero attached hydrogens (tertiary/aromatic N) is 1. The number of ether oxygens (including phenoxy) is 1. The van der Waals surface area contributed by atoms with Gasteiger partial charge in [-0.3, -0.25) is 9.59 Å². The summed E-state index contributed by atoms with van der Waals surface area (Å²) in [6.07, 6.45) is 2.16. The predicted octanol–water partition coefficient (Wildman–Crippen LogP) is 2.71. The number of amides is 2. The van der Waals surface area contributed by atoms with Gasteiger partial charge in [0.05, 0.1) is 18.3 Å². The van der Waals surface area contributed by atoms with Gasteiger partial charge in [0.15, 0.2) is 11.5 Å². The van der Waals surface area contributed by atoms with E-state index in [2.05, 4.69) is 15.8 Å². The first kappa shape index (κ1) is 19.3. The van der Waals surface area contributed by atoms with Crippen molar-refractivity contribution in [2.75, 3.05) is 12.4 Å². The molecule has 0 fully saturated rings. The van der Waals surface area contributed by atoms with Crippen LogP contribution in [-0.4, -0.2) is 30.2 Å². The number of methoxy groups -OCH3 is 1. The monoisotopic (exact) mass is 375 g/mol. The summed E-state index contributed by atoms with van der Waals surface area (Å²) in [6, 6.07) is 10.1. The molecule has 2 aromatic carbocycles. The number of anilines is 1. The predicted molar refractivity (Wildman–Crippen MR) is 99.9 cm³/mol. The molecule has 2 amide bonds. The van der Waals surface area contributed by atoms with Gasteiger partial charge < -0.3 is 15.2 Å². The van der Waals surface area contributed by atoms with Crippen molar-refractivity contribution in [1.29, 1.82) is 0 Å². The number of rotatable bonds is 5. The molecule has 0 radical (unpaired) electrons. The van der Waals surface area contributed by atoms with Crippen molar-refractivity contribution in [1.82, 2.24) is 5.43 Å². The molecule has 3 N–H and O–H groups in total. The summed E-state index contributed by atoms with van der Waals surface area (Å²) >= 11 is 5.86. The maximum Gasteiger partial charge on any atom is 0.329 e. The van der Waals surface area contributed by atoms with Crippen molar-refractivity contribution in [2.45, 2.75) is 13.3 Å².